The summed E-state index contributed by atoms with van der Waals surface area (Å²) in [6.07, 6.45) is 2.65. The van der Waals surface area contributed by atoms with Crippen LogP contribution in [-0.2, 0) is 23.2 Å². The Hall–Kier alpha value is -1.97. The van der Waals surface area contributed by atoms with Gasteiger partial charge in [-0.3, -0.25) is 0 Å². The Bertz CT molecular complexity index is 739. The van der Waals surface area contributed by atoms with Crippen molar-refractivity contribution in [3.05, 3.63) is 53.6 Å². The largest absolute Gasteiger partial charge is 0.392 e. The predicted octanol–water partition coefficient (Wildman–Crippen LogP) is 0.726. The lowest BCUT2D eigenvalue weighted by Crippen LogP contribution is -2.25. The lowest BCUT2D eigenvalue weighted by atomic mass is 10.2. The number of halogens is 2. The van der Waals surface area contributed by atoms with Gasteiger partial charge in [0.2, 0.25) is 10.0 Å². The van der Waals surface area contributed by atoms with E-state index in [1.54, 1.807) is 0 Å². The maximum absolute atomic E-state index is 13.6. The molecule has 0 aliphatic rings. The molecule has 112 valence electrons. The van der Waals surface area contributed by atoms with Crippen molar-refractivity contribution in [1.29, 1.82) is 0 Å². The minimum absolute atomic E-state index is 0.0451. The molecule has 0 aliphatic heterocycles. The number of hydrogen-bond donors (Lipinski definition) is 2. The number of benzene rings is 1. The van der Waals surface area contributed by atoms with Crippen molar-refractivity contribution < 1.29 is 22.3 Å². The first-order valence-electron chi connectivity index (χ1n) is 5.77. The zero-order valence-corrected chi connectivity index (χ0v) is 11.4. The number of hydrogen-bond acceptors (Lipinski definition) is 5. The molecule has 0 unspecified atom stereocenters. The standard InChI is InChI=1S/C12H11F2N3O3S/c13-10-3-8(6-18)4-11(12(10)14)21(19,20)17-5-9-1-2-15-7-16-9/h1-4,7,17-18H,5-6H2. The molecule has 21 heavy (non-hydrogen) atoms. The van der Waals surface area contributed by atoms with Crippen molar-refractivity contribution in [2.24, 2.45) is 0 Å². The zero-order chi connectivity index (χ0) is 15.5. The van der Waals surface area contributed by atoms with Crippen LogP contribution < -0.4 is 4.72 Å². The van der Waals surface area contributed by atoms with Crippen molar-refractivity contribution >= 4 is 10.0 Å². The van der Waals surface area contributed by atoms with E-state index in [9.17, 15) is 17.2 Å². The van der Waals surface area contributed by atoms with E-state index in [-0.39, 0.29) is 12.1 Å². The summed E-state index contributed by atoms with van der Waals surface area (Å²) in [6, 6.07) is 3.09. The molecular weight excluding hydrogens is 304 g/mol. The highest BCUT2D eigenvalue weighted by atomic mass is 32.2. The van der Waals surface area contributed by atoms with Crippen molar-refractivity contribution in [3.63, 3.8) is 0 Å². The van der Waals surface area contributed by atoms with E-state index in [0.29, 0.717) is 5.69 Å². The van der Waals surface area contributed by atoms with Crippen LogP contribution in [0.15, 0.2) is 35.6 Å². The molecule has 1 heterocycles. The number of aromatic nitrogens is 2. The number of nitrogens with zero attached hydrogens (tertiary/aromatic N) is 2. The first-order chi connectivity index (χ1) is 9.94. The Morgan fingerprint density at radius 1 is 1.29 bits per heavy atom. The number of nitrogens with one attached hydrogen (secondary N) is 1. The molecule has 6 nitrogen and oxygen atoms in total. The van der Waals surface area contributed by atoms with E-state index in [2.05, 4.69) is 14.7 Å². The zero-order valence-electron chi connectivity index (χ0n) is 10.6. The summed E-state index contributed by atoms with van der Waals surface area (Å²) in [5.74, 6) is -2.84. The van der Waals surface area contributed by atoms with Gasteiger partial charge in [0, 0.05) is 6.20 Å². The summed E-state index contributed by atoms with van der Waals surface area (Å²) in [7, 11) is -4.28. The lowest BCUT2D eigenvalue weighted by molar-refractivity contribution is 0.280. The van der Waals surface area contributed by atoms with Crippen LogP contribution in [0, 0.1) is 11.6 Å². The molecule has 9 heteroatoms. The molecule has 1 aromatic carbocycles. The summed E-state index contributed by atoms with van der Waals surface area (Å²) in [5.41, 5.74) is 0.323. The third-order valence-corrected chi connectivity index (χ3v) is 4.01. The summed E-state index contributed by atoms with van der Waals surface area (Å²) in [6.45, 7) is -0.805. The molecule has 2 rings (SSSR count). The second-order valence-electron chi connectivity index (χ2n) is 4.07. The first kappa shape index (κ1) is 15.4. The van der Waals surface area contributed by atoms with Gasteiger partial charge in [-0.15, -0.1) is 0 Å². The summed E-state index contributed by atoms with van der Waals surface area (Å²) in [5, 5.41) is 8.93. The highest BCUT2D eigenvalue weighted by molar-refractivity contribution is 7.89. The Labute approximate surface area is 119 Å². The van der Waals surface area contributed by atoms with E-state index in [1.807, 2.05) is 0 Å². The molecule has 0 atom stereocenters. The maximum Gasteiger partial charge on any atom is 0.243 e. The van der Waals surface area contributed by atoms with Crippen LogP contribution >= 0.6 is 0 Å². The second kappa shape index (κ2) is 6.20. The van der Waals surface area contributed by atoms with Crippen molar-refractivity contribution in [2.45, 2.75) is 18.0 Å². The Kier molecular flexibility index (Phi) is 4.56. The quantitative estimate of drug-likeness (QED) is 0.848. The van der Waals surface area contributed by atoms with Crippen molar-refractivity contribution in [2.75, 3.05) is 0 Å². The van der Waals surface area contributed by atoms with Crippen molar-refractivity contribution in [1.82, 2.24) is 14.7 Å². The van der Waals surface area contributed by atoms with Crippen LogP contribution in [0.5, 0.6) is 0 Å². The Morgan fingerprint density at radius 2 is 2.05 bits per heavy atom. The van der Waals surface area contributed by atoms with Gasteiger partial charge in [-0.2, -0.15) is 0 Å². The third-order valence-electron chi connectivity index (χ3n) is 2.61. The van der Waals surface area contributed by atoms with Gasteiger partial charge in [-0.25, -0.2) is 31.9 Å². The molecule has 0 spiro atoms. The molecule has 0 amide bonds. The molecular formula is C12H11F2N3O3S. The molecule has 0 bridgehead atoms. The molecule has 1 aromatic heterocycles. The van der Waals surface area contributed by atoms with Crippen LogP contribution in [0.2, 0.25) is 0 Å². The normalized spacial score (nSPS) is 11.6. The maximum atomic E-state index is 13.6. The van der Waals surface area contributed by atoms with E-state index >= 15 is 0 Å². The lowest BCUT2D eigenvalue weighted by Gasteiger charge is -2.09. The molecule has 0 saturated heterocycles. The van der Waals surface area contributed by atoms with E-state index in [4.69, 9.17) is 5.11 Å². The van der Waals surface area contributed by atoms with Gasteiger partial charge in [0.1, 0.15) is 11.2 Å². The van der Waals surface area contributed by atoms with Gasteiger partial charge in [0.15, 0.2) is 11.6 Å². The van der Waals surface area contributed by atoms with Gasteiger partial charge in [0.25, 0.3) is 0 Å². The van der Waals surface area contributed by atoms with Crippen LogP contribution in [0.3, 0.4) is 0 Å². The van der Waals surface area contributed by atoms with Gasteiger partial charge >= 0.3 is 0 Å². The highest BCUT2D eigenvalue weighted by Gasteiger charge is 2.22. The van der Waals surface area contributed by atoms with Crippen LogP contribution in [-0.4, -0.2) is 23.5 Å². The summed E-state index contributed by atoms with van der Waals surface area (Å²) in [4.78, 5) is 6.61. The number of rotatable bonds is 5. The average molecular weight is 315 g/mol. The summed E-state index contributed by atoms with van der Waals surface area (Å²) < 4.78 is 53.1. The van der Waals surface area contributed by atoms with E-state index < -0.39 is 33.2 Å². The Balaban J connectivity index is 2.29. The van der Waals surface area contributed by atoms with Gasteiger partial charge in [-0.1, -0.05) is 0 Å². The molecule has 0 saturated carbocycles. The first-order valence-corrected chi connectivity index (χ1v) is 7.25. The number of sulfonamides is 1. The van der Waals surface area contributed by atoms with Crippen molar-refractivity contribution in [3.8, 4) is 0 Å². The fourth-order valence-electron chi connectivity index (χ4n) is 1.57. The van der Waals surface area contributed by atoms with E-state index in [1.165, 1.54) is 18.6 Å². The molecule has 0 aliphatic carbocycles. The predicted molar refractivity (Wildman–Crippen MR) is 68.3 cm³/mol. The minimum Gasteiger partial charge on any atom is -0.392 e. The molecule has 0 radical (unpaired) electrons. The minimum atomic E-state index is -4.28. The third kappa shape index (κ3) is 3.57. The molecule has 0 fully saturated rings. The van der Waals surface area contributed by atoms with Gasteiger partial charge in [-0.05, 0) is 23.8 Å². The smallest absolute Gasteiger partial charge is 0.243 e. The number of aliphatic hydroxyl groups excluding tert-OH is 1. The summed E-state index contributed by atoms with van der Waals surface area (Å²) >= 11 is 0. The van der Waals surface area contributed by atoms with Crippen LogP contribution in [0.4, 0.5) is 8.78 Å². The van der Waals surface area contributed by atoms with Gasteiger partial charge < -0.3 is 5.11 Å². The van der Waals surface area contributed by atoms with E-state index in [0.717, 1.165) is 12.1 Å². The van der Waals surface area contributed by atoms with Crippen LogP contribution in [0.1, 0.15) is 11.3 Å². The fourth-order valence-corrected chi connectivity index (χ4v) is 2.71. The topological polar surface area (TPSA) is 92.2 Å². The SMILES string of the molecule is O=S(=O)(NCc1ccncn1)c1cc(CO)cc(F)c1F. The fraction of sp³-hybridized carbons (Fsp3) is 0.167. The average Bonchev–Trinajstić information content (AvgIpc) is 2.48. The van der Waals surface area contributed by atoms with Gasteiger partial charge in [0.05, 0.1) is 18.8 Å². The Morgan fingerprint density at radius 3 is 2.67 bits per heavy atom. The number of aliphatic hydroxyl groups is 1. The molecule has 2 aromatic rings. The molecule has 2 N–H and O–H groups in total. The van der Waals surface area contributed by atoms with Crippen LogP contribution in [0.25, 0.3) is 0 Å². The monoisotopic (exact) mass is 315 g/mol. The second-order valence-corrected chi connectivity index (χ2v) is 5.81. The highest BCUT2D eigenvalue weighted by Crippen LogP contribution is 2.20.